The van der Waals surface area contributed by atoms with E-state index in [-0.39, 0.29) is 37.3 Å². The van der Waals surface area contributed by atoms with Gasteiger partial charge in [-0.1, -0.05) is 0 Å². The van der Waals surface area contributed by atoms with Crippen LogP contribution >= 0.6 is 11.3 Å². The summed E-state index contributed by atoms with van der Waals surface area (Å²) in [6.07, 6.45) is -7.52. The van der Waals surface area contributed by atoms with Crippen LogP contribution in [0, 0.1) is 12.8 Å². The molecule has 0 aromatic carbocycles. The number of hydrogen-bond acceptors (Lipinski definition) is 3. The van der Waals surface area contributed by atoms with Crippen LogP contribution in [0.25, 0.3) is 0 Å². The fourth-order valence-electron chi connectivity index (χ4n) is 2.68. The molecule has 2 rings (SSSR count). The van der Waals surface area contributed by atoms with Crippen LogP contribution in [0.4, 0.5) is 26.3 Å². The van der Waals surface area contributed by atoms with Crippen molar-refractivity contribution in [1.82, 2.24) is 4.98 Å². The lowest BCUT2D eigenvalue weighted by atomic mass is 9.82. The highest BCUT2D eigenvalue weighted by molar-refractivity contribution is 7.12. The third-order valence-corrected chi connectivity index (χ3v) is 5.38. The predicted octanol–water partition coefficient (Wildman–Crippen LogP) is 4.67. The normalized spacial score (nSPS) is 26.2. The van der Waals surface area contributed by atoms with Crippen molar-refractivity contribution in [3.63, 3.8) is 0 Å². The average Bonchev–Trinajstić information content (AvgIpc) is 2.80. The number of aryl methyl sites for hydroxylation is 1. The third kappa shape index (κ3) is 3.40. The lowest BCUT2D eigenvalue weighted by Crippen LogP contribution is -2.28. The summed E-state index contributed by atoms with van der Waals surface area (Å²) in [4.78, 5) is 3.40. The molecule has 1 unspecified atom stereocenters. The largest absolute Gasteiger partial charge is 0.391 e. The smallest absolute Gasteiger partial charge is 0.353 e. The quantitative estimate of drug-likeness (QED) is 0.806. The van der Waals surface area contributed by atoms with Crippen molar-refractivity contribution in [1.29, 1.82) is 0 Å². The number of aliphatic hydroxyl groups is 1. The highest BCUT2D eigenvalue weighted by atomic mass is 32.1. The molecule has 9 heteroatoms. The maximum absolute atomic E-state index is 13.6. The van der Waals surface area contributed by atoms with Gasteiger partial charge in [-0.2, -0.15) is 17.6 Å². The Balaban J connectivity index is 2.13. The molecule has 1 atom stereocenters. The number of hydrogen-bond donors (Lipinski definition) is 1. The minimum atomic E-state index is -4.23. The summed E-state index contributed by atoms with van der Waals surface area (Å²) >= 11 is 0.613. The van der Waals surface area contributed by atoms with Gasteiger partial charge in [0.05, 0.1) is 21.5 Å². The number of rotatable bonds is 3. The minimum Gasteiger partial charge on any atom is -0.353 e. The summed E-state index contributed by atoms with van der Waals surface area (Å²) in [6.45, 7) is 1.30. The summed E-state index contributed by atoms with van der Waals surface area (Å²) in [5, 5.41) is 9.52. The van der Waals surface area contributed by atoms with Gasteiger partial charge in [-0.05, 0) is 32.6 Å². The standard InChI is InChI=1S/C13H15F6NOS/c1-6-9(12(16,21)11(14)15)22-10(20-6)7-2-4-8(5-3-7)13(17,18)19/h7-8,11,21H,2-5H2,1H3. The topological polar surface area (TPSA) is 33.1 Å². The molecule has 22 heavy (non-hydrogen) atoms. The van der Waals surface area contributed by atoms with Crippen molar-refractivity contribution in [2.24, 2.45) is 5.92 Å². The zero-order valence-corrected chi connectivity index (χ0v) is 12.4. The van der Waals surface area contributed by atoms with Crippen LogP contribution in [0.2, 0.25) is 0 Å². The van der Waals surface area contributed by atoms with Crippen molar-refractivity contribution in [3.05, 3.63) is 15.6 Å². The maximum Gasteiger partial charge on any atom is 0.391 e. The van der Waals surface area contributed by atoms with E-state index < -0.39 is 29.3 Å². The molecule has 0 radical (unpaired) electrons. The fraction of sp³-hybridized carbons (Fsp3) is 0.769. The molecule has 1 aliphatic carbocycles. The van der Waals surface area contributed by atoms with Crippen LogP contribution in [0.5, 0.6) is 0 Å². The molecule has 1 aromatic heterocycles. The SMILES string of the molecule is Cc1nc(C2CCC(C(F)(F)F)CC2)sc1C(O)(F)C(F)F. The van der Waals surface area contributed by atoms with Gasteiger partial charge in [-0.15, -0.1) is 11.3 Å². The number of thiazole rings is 1. The molecule has 1 fully saturated rings. The summed E-state index contributed by atoms with van der Waals surface area (Å²) in [7, 11) is 0. The Morgan fingerprint density at radius 1 is 1.14 bits per heavy atom. The first-order chi connectivity index (χ1) is 10.0. The highest BCUT2D eigenvalue weighted by Crippen LogP contribution is 2.45. The zero-order valence-electron chi connectivity index (χ0n) is 11.6. The second-order valence-corrected chi connectivity index (χ2v) is 6.56. The van der Waals surface area contributed by atoms with Gasteiger partial charge in [-0.25, -0.2) is 13.8 Å². The molecule has 1 aromatic rings. The van der Waals surface area contributed by atoms with Crippen LogP contribution in [-0.4, -0.2) is 22.7 Å². The first-order valence-electron chi connectivity index (χ1n) is 6.77. The number of aromatic nitrogens is 1. The van der Waals surface area contributed by atoms with Gasteiger partial charge in [0.1, 0.15) is 0 Å². The Morgan fingerprint density at radius 3 is 2.14 bits per heavy atom. The molecule has 0 spiro atoms. The van der Waals surface area contributed by atoms with E-state index in [1.54, 1.807) is 0 Å². The molecule has 0 saturated heterocycles. The van der Waals surface area contributed by atoms with E-state index in [2.05, 4.69) is 4.98 Å². The zero-order chi connectivity index (χ0) is 16.7. The lowest BCUT2D eigenvalue weighted by molar-refractivity contribution is -0.192. The second kappa shape index (κ2) is 5.99. The molecule has 1 heterocycles. The molecule has 1 saturated carbocycles. The Morgan fingerprint density at radius 2 is 1.68 bits per heavy atom. The molecular weight excluding hydrogens is 332 g/mol. The van der Waals surface area contributed by atoms with E-state index in [9.17, 15) is 31.4 Å². The summed E-state index contributed by atoms with van der Waals surface area (Å²) in [5.74, 6) is -5.45. The van der Waals surface area contributed by atoms with Gasteiger partial charge >= 0.3 is 18.5 Å². The Bertz CT molecular complexity index is 519. The van der Waals surface area contributed by atoms with Crippen molar-refractivity contribution in [2.75, 3.05) is 0 Å². The first-order valence-corrected chi connectivity index (χ1v) is 7.59. The van der Waals surface area contributed by atoms with Gasteiger partial charge in [0.2, 0.25) is 0 Å². The Kier molecular flexibility index (Phi) is 4.77. The van der Waals surface area contributed by atoms with Crippen LogP contribution in [-0.2, 0) is 5.85 Å². The van der Waals surface area contributed by atoms with Gasteiger partial charge < -0.3 is 5.11 Å². The van der Waals surface area contributed by atoms with Crippen molar-refractivity contribution >= 4 is 11.3 Å². The van der Waals surface area contributed by atoms with Crippen LogP contribution in [0.1, 0.15) is 47.2 Å². The predicted molar refractivity (Wildman–Crippen MR) is 68.6 cm³/mol. The molecule has 0 aliphatic heterocycles. The molecule has 2 nitrogen and oxygen atoms in total. The van der Waals surface area contributed by atoms with E-state index in [4.69, 9.17) is 0 Å². The average molecular weight is 347 g/mol. The molecule has 0 bridgehead atoms. The van der Waals surface area contributed by atoms with Crippen LogP contribution in [0.15, 0.2) is 0 Å². The summed E-state index contributed by atoms with van der Waals surface area (Å²) in [5.41, 5.74) is -0.0526. The molecule has 1 N–H and O–H groups in total. The first kappa shape index (κ1) is 17.5. The molecule has 0 amide bonds. The van der Waals surface area contributed by atoms with E-state index >= 15 is 0 Å². The van der Waals surface area contributed by atoms with E-state index in [0.29, 0.717) is 16.3 Å². The molecule has 126 valence electrons. The molecular formula is C13H15F6NOS. The summed E-state index contributed by atoms with van der Waals surface area (Å²) < 4.78 is 76.5. The van der Waals surface area contributed by atoms with Gasteiger partial charge in [0.25, 0.3) is 0 Å². The second-order valence-electron chi connectivity index (χ2n) is 5.53. The van der Waals surface area contributed by atoms with E-state index in [1.165, 1.54) is 6.92 Å². The van der Waals surface area contributed by atoms with E-state index in [1.807, 2.05) is 0 Å². The Labute approximate surface area is 127 Å². The maximum atomic E-state index is 13.6. The van der Waals surface area contributed by atoms with Crippen LogP contribution < -0.4 is 0 Å². The van der Waals surface area contributed by atoms with Gasteiger partial charge in [0, 0.05) is 5.92 Å². The monoisotopic (exact) mass is 347 g/mol. The van der Waals surface area contributed by atoms with Gasteiger partial charge in [0.15, 0.2) is 0 Å². The van der Waals surface area contributed by atoms with Crippen molar-refractivity contribution in [2.45, 2.75) is 57.0 Å². The number of halogens is 6. The van der Waals surface area contributed by atoms with Crippen LogP contribution in [0.3, 0.4) is 0 Å². The highest BCUT2D eigenvalue weighted by Gasteiger charge is 2.45. The minimum absolute atomic E-state index is 0.0526. The van der Waals surface area contributed by atoms with Crippen molar-refractivity contribution in [3.8, 4) is 0 Å². The lowest BCUT2D eigenvalue weighted by Gasteiger charge is -2.28. The van der Waals surface area contributed by atoms with Gasteiger partial charge in [-0.3, -0.25) is 0 Å². The Hall–Kier alpha value is -0.830. The summed E-state index contributed by atoms with van der Waals surface area (Å²) in [6, 6.07) is 0. The van der Waals surface area contributed by atoms with E-state index in [0.717, 1.165) is 0 Å². The number of nitrogens with zero attached hydrogens (tertiary/aromatic N) is 1. The van der Waals surface area contributed by atoms with Crippen molar-refractivity contribution < 1.29 is 31.4 Å². The molecule has 1 aliphatic rings. The fourth-order valence-corrected chi connectivity index (χ4v) is 3.90. The third-order valence-electron chi connectivity index (χ3n) is 3.96. The number of alkyl halides is 6.